The topological polar surface area (TPSA) is 51.2 Å². The van der Waals surface area contributed by atoms with E-state index in [9.17, 15) is 14.2 Å². The predicted octanol–water partition coefficient (Wildman–Crippen LogP) is 8.68. The van der Waals surface area contributed by atoms with Crippen molar-refractivity contribution in [3.8, 4) is 0 Å². The molecule has 0 bridgehead atoms. The lowest BCUT2D eigenvalue weighted by Gasteiger charge is -2.29. The van der Waals surface area contributed by atoms with Gasteiger partial charge in [-0.2, -0.15) is 0 Å². The Morgan fingerprint density at radius 1 is 0.686 bits per heavy atom. The molecule has 0 N–H and O–H groups in total. The molecule has 2 aromatic carbocycles. The first kappa shape index (κ1) is 27.5. The number of carbonyl (C=O) groups excluding carboxylic acids is 2. The minimum atomic E-state index is -2.43. The number of rotatable bonds is 5. The maximum atomic E-state index is 14.2. The Morgan fingerprint density at radius 3 is 1.37 bits per heavy atom. The molecule has 0 saturated heterocycles. The molecule has 1 radical (unpaired) electrons. The first-order valence-electron chi connectivity index (χ1n) is 12.8. The molecule has 0 aliphatic heterocycles. The van der Waals surface area contributed by atoms with E-state index in [1.807, 2.05) is 39.8 Å². The highest BCUT2D eigenvalue weighted by molar-refractivity contribution is 7.67. The molecule has 4 heteroatoms. The fourth-order valence-electron chi connectivity index (χ4n) is 5.50. The van der Waals surface area contributed by atoms with Crippen molar-refractivity contribution < 1.29 is 14.2 Å². The summed E-state index contributed by atoms with van der Waals surface area (Å²) in [5.41, 5.74) is 6.54. The number of hydrogen-bond donors (Lipinski definition) is 0. The zero-order valence-electron chi connectivity index (χ0n) is 23.3. The maximum absolute atomic E-state index is 14.2. The summed E-state index contributed by atoms with van der Waals surface area (Å²) in [7, 11) is -2.43. The monoisotopic (exact) mass is 493 g/mol. The standard InChI is InChI=1S/C31H42O3P/c1-19-15-23(29(5,6)7)16-20(2)25(19)27(32)31(13-11-12-14-31)35(34)28(33)26-21(3)17-24(18-22(26)4)30(8,9)10/h15-18H,11-14H2,1-10H3. The van der Waals surface area contributed by atoms with Gasteiger partial charge in [-0.05, 0) is 84.7 Å². The van der Waals surface area contributed by atoms with E-state index in [1.54, 1.807) is 0 Å². The summed E-state index contributed by atoms with van der Waals surface area (Å²) in [6.07, 6.45) is 2.65. The number of Topliss-reactive ketones (excluding diaryl/α,β-unsaturated/α-hetero) is 1. The molecular weight excluding hydrogens is 451 g/mol. The Balaban J connectivity index is 2.08. The molecule has 2 aromatic rings. The Hall–Kier alpha value is -2.12. The van der Waals surface area contributed by atoms with Gasteiger partial charge in [-0.1, -0.05) is 78.6 Å². The Kier molecular flexibility index (Phi) is 7.37. The Bertz CT molecular complexity index is 1150. The van der Waals surface area contributed by atoms with Gasteiger partial charge in [0, 0.05) is 11.1 Å². The summed E-state index contributed by atoms with van der Waals surface area (Å²) in [5, 5.41) is -1.12. The van der Waals surface area contributed by atoms with E-state index < -0.39 is 13.0 Å². The SMILES string of the molecule is Cc1cc(C(C)(C)C)cc(C)c1C(=O)[P](=O)C1(C(=O)c2c(C)cc(C(C)(C)C)cc2C)CCCC1. The number of ketones is 1. The van der Waals surface area contributed by atoms with Gasteiger partial charge in [0.1, 0.15) is 5.16 Å². The van der Waals surface area contributed by atoms with Gasteiger partial charge in [-0.15, -0.1) is 0 Å². The molecule has 189 valence electrons. The molecular formula is C31H42O3P. The minimum absolute atomic E-state index is 0.0302. The highest BCUT2D eigenvalue weighted by atomic mass is 31.1. The first-order valence-corrected chi connectivity index (χ1v) is 14.1. The van der Waals surface area contributed by atoms with Crippen LogP contribution in [0.2, 0.25) is 0 Å². The van der Waals surface area contributed by atoms with Crippen molar-refractivity contribution in [1.29, 1.82) is 0 Å². The van der Waals surface area contributed by atoms with Gasteiger partial charge in [0.05, 0.1) is 0 Å². The molecule has 0 amide bonds. The van der Waals surface area contributed by atoms with Crippen LogP contribution in [0.15, 0.2) is 24.3 Å². The van der Waals surface area contributed by atoms with Crippen LogP contribution in [0.5, 0.6) is 0 Å². The normalized spacial score (nSPS) is 16.3. The highest BCUT2D eigenvalue weighted by Gasteiger charge is 2.51. The second-order valence-electron chi connectivity index (χ2n) is 12.6. The molecule has 0 aromatic heterocycles. The number of hydrogen-bond acceptors (Lipinski definition) is 3. The number of carbonyl (C=O) groups is 2. The quantitative estimate of drug-likeness (QED) is 0.309. The minimum Gasteiger partial charge on any atom is -0.293 e. The van der Waals surface area contributed by atoms with Crippen molar-refractivity contribution in [2.45, 2.75) is 111 Å². The van der Waals surface area contributed by atoms with Crippen LogP contribution in [0.4, 0.5) is 0 Å². The van der Waals surface area contributed by atoms with Crippen molar-refractivity contribution in [2.75, 3.05) is 0 Å². The average molecular weight is 494 g/mol. The van der Waals surface area contributed by atoms with Gasteiger partial charge in [0.2, 0.25) is 5.52 Å². The lowest BCUT2D eigenvalue weighted by atomic mass is 9.81. The van der Waals surface area contributed by atoms with Gasteiger partial charge in [-0.3, -0.25) is 14.2 Å². The summed E-state index contributed by atoms with van der Waals surface area (Å²) < 4.78 is 14.1. The fourth-order valence-corrected chi connectivity index (χ4v) is 7.46. The number of aryl methyl sites for hydroxylation is 4. The summed E-state index contributed by atoms with van der Waals surface area (Å²) in [6.45, 7) is 20.7. The van der Waals surface area contributed by atoms with Gasteiger partial charge in [0.25, 0.3) is 0 Å². The second-order valence-corrected chi connectivity index (χ2v) is 14.5. The van der Waals surface area contributed by atoms with E-state index in [2.05, 4.69) is 53.7 Å². The van der Waals surface area contributed by atoms with Gasteiger partial charge in [-0.25, -0.2) is 0 Å². The Labute approximate surface area is 212 Å². The molecule has 1 fully saturated rings. The van der Waals surface area contributed by atoms with E-state index in [4.69, 9.17) is 0 Å². The third kappa shape index (κ3) is 5.08. The summed E-state index contributed by atoms with van der Waals surface area (Å²) in [6, 6.07) is 8.23. The van der Waals surface area contributed by atoms with Crippen LogP contribution in [-0.2, 0) is 15.4 Å². The van der Waals surface area contributed by atoms with Crippen molar-refractivity contribution in [2.24, 2.45) is 0 Å². The first-order chi connectivity index (χ1) is 16.0. The molecule has 1 aliphatic carbocycles. The largest absolute Gasteiger partial charge is 0.293 e. The van der Waals surface area contributed by atoms with E-state index in [0.29, 0.717) is 24.0 Å². The van der Waals surface area contributed by atoms with Crippen molar-refractivity contribution in [1.82, 2.24) is 0 Å². The van der Waals surface area contributed by atoms with Crippen LogP contribution >= 0.6 is 7.80 Å². The van der Waals surface area contributed by atoms with Crippen molar-refractivity contribution in [3.05, 3.63) is 68.8 Å². The average Bonchev–Trinajstić information content (AvgIpc) is 3.21. The molecule has 3 nitrogen and oxygen atoms in total. The van der Waals surface area contributed by atoms with Crippen LogP contribution in [-0.4, -0.2) is 16.5 Å². The lowest BCUT2D eigenvalue weighted by Crippen LogP contribution is -2.35. The van der Waals surface area contributed by atoms with Crippen LogP contribution in [0.25, 0.3) is 0 Å². The van der Waals surface area contributed by atoms with E-state index in [-0.39, 0.29) is 22.1 Å². The van der Waals surface area contributed by atoms with Crippen LogP contribution < -0.4 is 0 Å². The third-order valence-corrected chi connectivity index (χ3v) is 9.69. The molecule has 1 saturated carbocycles. The van der Waals surface area contributed by atoms with Crippen LogP contribution in [0.1, 0.15) is 121 Å². The Morgan fingerprint density at radius 2 is 1.03 bits per heavy atom. The molecule has 35 heavy (non-hydrogen) atoms. The molecule has 1 atom stereocenters. The molecule has 1 aliphatic rings. The van der Waals surface area contributed by atoms with E-state index >= 15 is 0 Å². The predicted molar refractivity (Wildman–Crippen MR) is 147 cm³/mol. The van der Waals surface area contributed by atoms with E-state index in [0.717, 1.165) is 40.7 Å². The third-order valence-electron chi connectivity index (χ3n) is 7.66. The molecule has 0 heterocycles. The highest BCUT2D eigenvalue weighted by Crippen LogP contribution is 2.55. The van der Waals surface area contributed by atoms with Crippen molar-refractivity contribution >= 4 is 19.1 Å². The van der Waals surface area contributed by atoms with Gasteiger partial charge in [0.15, 0.2) is 13.6 Å². The second kappa shape index (κ2) is 9.40. The van der Waals surface area contributed by atoms with Crippen LogP contribution in [0.3, 0.4) is 0 Å². The molecule has 3 rings (SSSR count). The zero-order valence-corrected chi connectivity index (χ0v) is 24.2. The van der Waals surface area contributed by atoms with E-state index in [1.165, 1.54) is 5.56 Å². The molecule has 1 unspecified atom stereocenters. The number of benzene rings is 2. The summed E-state index contributed by atoms with van der Waals surface area (Å²) in [4.78, 5) is 28.0. The van der Waals surface area contributed by atoms with Crippen molar-refractivity contribution in [3.63, 3.8) is 0 Å². The fraction of sp³-hybridized carbons (Fsp3) is 0.548. The summed E-state index contributed by atoms with van der Waals surface area (Å²) in [5.74, 6) is -0.110. The van der Waals surface area contributed by atoms with Gasteiger partial charge < -0.3 is 0 Å². The van der Waals surface area contributed by atoms with Crippen LogP contribution in [0, 0.1) is 27.7 Å². The molecule has 0 spiro atoms. The summed E-state index contributed by atoms with van der Waals surface area (Å²) >= 11 is 0. The smallest absolute Gasteiger partial charge is 0.243 e. The zero-order chi connectivity index (χ0) is 26.5. The van der Waals surface area contributed by atoms with Gasteiger partial charge >= 0.3 is 0 Å². The maximum Gasteiger partial charge on any atom is 0.243 e. The lowest BCUT2D eigenvalue weighted by molar-refractivity contribution is 0.0929.